The van der Waals surface area contributed by atoms with E-state index < -0.39 is 6.10 Å². The fourth-order valence-corrected chi connectivity index (χ4v) is 1.58. The van der Waals surface area contributed by atoms with Crippen LogP contribution >= 0.6 is 0 Å². The molecular formula is C13H20N2O2. The van der Waals surface area contributed by atoms with Gasteiger partial charge in [-0.3, -0.25) is 9.78 Å². The second-order valence-electron chi connectivity index (χ2n) is 5.34. The molecule has 1 aromatic heterocycles. The number of nitrogens with one attached hydrogen (secondary N) is 1. The molecule has 2 N–H and O–H groups in total. The topological polar surface area (TPSA) is 62.2 Å². The van der Waals surface area contributed by atoms with Gasteiger partial charge in [0.2, 0.25) is 0 Å². The van der Waals surface area contributed by atoms with Crippen molar-refractivity contribution in [1.29, 1.82) is 0 Å². The lowest BCUT2D eigenvalue weighted by molar-refractivity contribution is 0.0864. The van der Waals surface area contributed by atoms with Crippen molar-refractivity contribution in [3.63, 3.8) is 0 Å². The lowest BCUT2D eigenvalue weighted by Crippen LogP contribution is -2.34. The van der Waals surface area contributed by atoms with Crippen molar-refractivity contribution in [1.82, 2.24) is 10.3 Å². The van der Waals surface area contributed by atoms with E-state index in [1.807, 2.05) is 0 Å². The van der Waals surface area contributed by atoms with E-state index in [1.165, 1.54) is 0 Å². The second kappa shape index (κ2) is 5.77. The van der Waals surface area contributed by atoms with Crippen molar-refractivity contribution in [2.45, 2.75) is 33.3 Å². The fraction of sp³-hybridized carbons (Fsp3) is 0.538. The SMILES string of the molecule is CC(C)(C)CC(O)CNC(=O)c1ccccn1. The van der Waals surface area contributed by atoms with Gasteiger partial charge in [-0.05, 0) is 24.0 Å². The minimum absolute atomic E-state index is 0.0507. The number of pyridine rings is 1. The van der Waals surface area contributed by atoms with Crippen molar-refractivity contribution in [2.75, 3.05) is 6.54 Å². The predicted molar refractivity (Wildman–Crippen MR) is 66.6 cm³/mol. The predicted octanol–water partition coefficient (Wildman–Crippen LogP) is 1.61. The monoisotopic (exact) mass is 236 g/mol. The van der Waals surface area contributed by atoms with Crippen LogP contribution in [0.2, 0.25) is 0 Å². The Labute approximate surface area is 102 Å². The van der Waals surface area contributed by atoms with Gasteiger partial charge in [0.15, 0.2) is 0 Å². The molecule has 4 heteroatoms. The summed E-state index contributed by atoms with van der Waals surface area (Å²) in [6, 6.07) is 5.16. The summed E-state index contributed by atoms with van der Waals surface area (Å²) in [6.07, 6.45) is 1.69. The Kier molecular flexibility index (Phi) is 4.63. The average molecular weight is 236 g/mol. The van der Waals surface area contributed by atoms with E-state index in [0.717, 1.165) is 0 Å². The van der Waals surface area contributed by atoms with Gasteiger partial charge in [-0.25, -0.2) is 0 Å². The highest BCUT2D eigenvalue weighted by molar-refractivity contribution is 5.92. The molecule has 0 saturated carbocycles. The number of carbonyl (C=O) groups is 1. The Bertz CT molecular complexity index is 357. The van der Waals surface area contributed by atoms with Crippen LogP contribution in [0.5, 0.6) is 0 Å². The van der Waals surface area contributed by atoms with Crippen LogP contribution in [0, 0.1) is 5.41 Å². The molecule has 17 heavy (non-hydrogen) atoms. The Balaban J connectivity index is 2.39. The number of rotatable bonds is 4. The highest BCUT2D eigenvalue weighted by Crippen LogP contribution is 2.20. The van der Waals surface area contributed by atoms with Gasteiger partial charge in [-0.1, -0.05) is 26.8 Å². The number of hydrogen-bond donors (Lipinski definition) is 2. The van der Waals surface area contributed by atoms with Gasteiger partial charge in [0, 0.05) is 12.7 Å². The largest absolute Gasteiger partial charge is 0.391 e. The van der Waals surface area contributed by atoms with E-state index in [2.05, 4.69) is 31.1 Å². The molecule has 1 aromatic rings. The van der Waals surface area contributed by atoms with Gasteiger partial charge < -0.3 is 10.4 Å². The van der Waals surface area contributed by atoms with Crippen molar-refractivity contribution in [3.8, 4) is 0 Å². The third-order valence-electron chi connectivity index (χ3n) is 2.24. The number of amides is 1. The van der Waals surface area contributed by atoms with Gasteiger partial charge >= 0.3 is 0 Å². The molecule has 1 amide bonds. The standard InChI is InChI=1S/C13H20N2O2/c1-13(2,3)8-10(16)9-15-12(17)11-6-4-5-7-14-11/h4-7,10,16H,8-9H2,1-3H3,(H,15,17). The first-order valence-corrected chi connectivity index (χ1v) is 5.76. The second-order valence-corrected chi connectivity index (χ2v) is 5.34. The number of nitrogens with zero attached hydrogens (tertiary/aromatic N) is 1. The van der Waals surface area contributed by atoms with Gasteiger partial charge in [0.25, 0.3) is 5.91 Å². The summed E-state index contributed by atoms with van der Waals surface area (Å²) in [5.74, 6) is -0.251. The summed E-state index contributed by atoms with van der Waals surface area (Å²) < 4.78 is 0. The third kappa shape index (κ3) is 5.45. The molecule has 0 radical (unpaired) electrons. The zero-order valence-corrected chi connectivity index (χ0v) is 10.6. The minimum Gasteiger partial charge on any atom is -0.391 e. The molecule has 1 rings (SSSR count). The maximum atomic E-state index is 11.6. The van der Waals surface area contributed by atoms with Gasteiger partial charge in [0.05, 0.1) is 6.10 Å². The molecule has 0 bridgehead atoms. The first kappa shape index (κ1) is 13.6. The van der Waals surface area contributed by atoms with Crippen LogP contribution in [-0.4, -0.2) is 28.6 Å². The van der Waals surface area contributed by atoms with Crippen molar-refractivity contribution in [2.24, 2.45) is 5.41 Å². The number of carbonyl (C=O) groups excluding carboxylic acids is 1. The Morgan fingerprint density at radius 1 is 1.47 bits per heavy atom. The van der Waals surface area contributed by atoms with Crippen LogP contribution in [0.3, 0.4) is 0 Å². The van der Waals surface area contributed by atoms with Crippen LogP contribution in [-0.2, 0) is 0 Å². The molecule has 1 unspecified atom stereocenters. The summed E-state index contributed by atoms with van der Waals surface area (Å²) in [4.78, 5) is 15.6. The number of aromatic nitrogens is 1. The summed E-state index contributed by atoms with van der Waals surface area (Å²) in [5.41, 5.74) is 0.422. The molecule has 1 heterocycles. The lowest BCUT2D eigenvalue weighted by Gasteiger charge is -2.22. The van der Waals surface area contributed by atoms with Crippen LogP contribution < -0.4 is 5.32 Å². The molecule has 0 spiro atoms. The lowest BCUT2D eigenvalue weighted by atomic mass is 9.89. The van der Waals surface area contributed by atoms with E-state index in [0.29, 0.717) is 12.1 Å². The van der Waals surface area contributed by atoms with Crippen molar-refractivity contribution in [3.05, 3.63) is 30.1 Å². The molecule has 94 valence electrons. The van der Waals surface area contributed by atoms with Crippen molar-refractivity contribution >= 4 is 5.91 Å². The van der Waals surface area contributed by atoms with Crippen molar-refractivity contribution < 1.29 is 9.90 Å². The quantitative estimate of drug-likeness (QED) is 0.835. The maximum Gasteiger partial charge on any atom is 0.269 e. The van der Waals surface area contributed by atoms with Gasteiger partial charge in [-0.2, -0.15) is 0 Å². The van der Waals surface area contributed by atoms with Crippen LogP contribution in [0.15, 0.2) is 24.4 Å². The van der Waals surface area contributed by atoms with Crippen LogP contribution in [0.4, 0.5) is 0 Å². The molecular weight excluding hydrogens is 216 g/mol. The fourth-order valence-electron chi connectivity index (χ4n) is 1.58. The number of aliphatic hydroxyl groups excluding tert-OH is 1. The van der Waals surface area contributed by atoms with E-state index in [9.17, 15) is 9.90 Å². The first-order valence-electron chi connectivity index (χ1n) is 5.76. The average Bonchev–Trinajstić information content (AvgIpc) is 2.25. The molecule has 0 saturated heterocycles. The molecule has 0 aliphatic carbocycles. The number of hydrogen-bond acceptors (Lipinski definition) is 3. The van der Waals surface area contributed by atoms with E-state index in [1.54, 1.807) is 24.4 Å². The molecule has 1 atom stereocenters. The van der Waals surface area contributed by atoms with E-state index in [4.69, 9.17) is 0 Å². The molecule has 0 aliphatic heterocycles. The Morgan fingerprint density at radius 2 is 2.18 bits per heavy atom. The highest BCUT2D eigenvalue weighted by atomic mass is 16.3. The smallest absolute Gasteiger partial charge is 0.269 e. The molecule has 0 aliphatic rings. The van der Waals surface area contributed by atoms with E-state index >= 15 is 0 Å². The summed E-state index contributed by atoms with van der Waals surface area (Å²) in [7, 11) is 0. The Hall–Kier alpha value is -1.42. The molecule has 4 nitrogen and oxygen atoms in total. The van der Waals surface area contributed by atoms with Gasteiger partial charge in [-0.15, -0.1) is 0 Å². The highest BCUT2D eigenvalue weighted by Gasteiger charge is 2.17. The maximum absolute atomic E-state index is 11.6. The van der Waals surface area contributed by atoms with E-state index in [-0.39, 0.29) is 17.9 Å². The van der Waals surface area contributed by atoms with Gasteiger partial charge in [0.1, 0.15) is 5.69 Å². The van der Waals surface area contributed by atoms with Crippen LogP contribution in [0.1, 0.15) is 37.7 Å². The first-order chi connectivity index (χ1) is 7.88. The molecule has 0 fully saturated rings. The normalized spacial score (nSPS) is 13.2. The summed E-state index contributed by atoms with van der Waals surface area (Å²) in [6.45, 7) is 6.41. The molecule has 0 aromatic carbocycles. The minimum atomic E-state index is -0.525. The number of aliphatic hydroxyl groups is 1. The summed E-state index contributed by atoms with van der Waals surface area (Å²) >= 11 is 0. The van der Waals surface area contributed by atoms with Crippen LogP contribution in [0.25, 0.3) is 0 Å². The summed E-state index contributed by atoms with van der Waals surface area (Å²) in [5, 5.41) is 12.4. The Morgan fingerprint density at radius 3 is 2.71 bits per heavy atom. The zero-order chi connectivity index (χ0) is 12.9. The third-order valence-corrected chi connectivity index (χ3v) is 2.24. The zero-order valence-electron chi connectivity index (χ0n) is 10.6.